The monoisotopic (exact) mass is 317 g/mol. The van der Waals surface area contributed by atoms with Crippen LogP contribution in [-0.4, -0.2) is 18.5 Å². The van der Waals surface area contributed by atoms with Crippen LogP contribution in [0.5, 0.6) is 0 Å². The zero-order valence-corrected chi connectivity index (χ0v) is 13.5. The van der Waals surface area contributed by atoms with Crippen molar-refractivity contribution >= 4 is 28.9 Å². The van der Waals surface area contributed by atoms with Crippen molar-refractivity contribution < 1.29 is 14.3 Å². The van der Waals surface area contributed by atoms with Gasteiger partial charge in [-0.15, -0.1) is 11.3 Å². The molecule has 116 valence electrons. The second-order valence-electron chi connectivity index (χ2n) is 5.00. The molecule has 1 aromatic carbocycles. The normalized spacial score (nSPS) is 11.7. The van der Waals surface area contributed by atoms with Crippen molar-refractivity contribution in [2.24, 2.45) is 0 Å². The van der Waals surface area contributed by atoms with E-state index in [0.29, 0.717) is 10.8 Å². The van der Waals surface area contributed by atoms with Crippen molar-refractivity contribution in [3.05, 3.63) is 52.2 Å². The van der Waals surface area contributed by atoms with Gasteiger partial charge in [0.2, 0.25) is 0 Å². The van der Waals surface area contributed by atoms with E-state index in [0.717, 1.165) is 17.7 Å². The van der Waals surface area contributed by atoms with E-state index in [1.54, 1.807) is 17.5 Å². The first-order valence-electron chi connectivity index (χ1n) is 7.21. The highest BCUT2D eigenvalue weighted by Gasteiger charge is 2.13. The Hall–Kier alpha value is -2.14. The minimum absolute atomic E-state index is 0.286. The Bertz CT molecular complexity index is 637. The van der Waals surface area contributed by atoms with E-state index in [1.807, 2.05) is 24.3 Å². The third kappa shape index (κ3) is 4.18. The van der Waals surface area contributed by atoms with Gasteiger partial charge < -0.3 is 10.1 Å². The molecule has 0 bridgehead atoms. The number of anilines is 1. The van der Waals surface area contributed by atoms with Crippen LogP contribution >= 0.6 is 11.3 Å². The molecule has 0 radical (unpaired) electrons. The summed E-state index contributed by atoms with van der Waals surface area (Å²) < 4.78 is 5.01. The molecular weight excluding hydrogens is 298 g/mol. The summed E-state index contributed by atoms with van der Waals surface area (Å²) in [5.41, 5.74) is 1.86. The molecule has 1 atom stereocenters. The maximum absolute atomic E-state index is 12.0. The molecule has 4 nitrogen and oxygen atoms in total. The first-order chi connectivity index (χ1) is 10.6. The van der Waals surface area contributed by atoms with E-state index in [1.165, 1.54) is 11.3 Å². The molecule has 0 saturated carbocycles. The fourth-order valence-corrected chi connectivity index (χ4v) is 2.66. The van der Waals surface area contributed by atoms with Gasteiger partial charge in [0.05, 0.1) is 0 Å². The molecule has 1 aromatic heterocycles. The third-order valence-corrected chi connectivity index (χ3v) is 4.28. The SMILES string of the molecule is CC[C@@H](C)c1ccccc1NC(=O)COC(=O)c1cccs1. The quantitative estimate of drug-likeness (QED) is 0.818. The highest BCUT2D eigenvalue weighted by atomic mass is 32.1. The molecule has 5 heteroatoms. The van der Waals surface area contributed by atoms with Crippen LogP contribution in [-0.2, 0) is 9.53 Å². The van der Waals surface area contributed by atoms with Crippen LogP contribution in [0.15, 0.2) is 41.8 Å². The van der Waals surface area contributed by atoms with Gasteiger partial charge in [-0.2, -0.15) is 0 Å². The summed E-state index contributed by atoms with van der Waals surface area (Å²) in [6.45, 7) is 3.93. The minimum Gasteiger partial charge on any atom is -0.451 e. The van der Waals surface area contributed by atoms with Crippen molar-refractivity contribution in [3.8, 4) is 0 Å². The van der Waals surface area contributed by atoms with Crippen LogP contribution in [0.1, 0.15) is 41.4 Å². The van der Waals surface area contributed by atoms with Crippen LogP contribution in [0.4, 0.5) is 5.69 Å². The van der Waals surface area contributed by atoms with Gasteiger partial charge in [0.1, 0.15) is 4.88 Å². The largest absolute Gasteiger partial charge is 0.451 e. The number of hydrogen-bond acceptors (Lipinski definition) is 4. The summed E-state index contributed by atoms with van der Waals surface area (Å²) in [6, 6.07) is 11.1. The van der Waals surface area contributed by atoms with Gasteiger partial charge in [0.15, 0.2) is 6.61 Å². The molecule has 0 aliphatic carbocycles. The Labute approximate surface area is 134 Å². The van der Waals surface area contributed by atoms with Crippen LogP contribution in [0, 0.1) is 0 Å². The molecule has 0 unspecified atom stereocenters. The predicted octanol–water partition coefficient (Wildman–Crippen LogP) is 4.06. The van der Waals surface area contributed by atoms with E-state index in [2.05, 4.69) is 19.2 Å². The van der Waals surface area contributed by atoms with Crippen LogP contribution in [0.2, 0.25) is 0 Å². The van der Waals surface area contributed by atoms with Crippen LogP contribution in [0.25, 0.3) is 0 Å². The zero-order chi connectivity index (χ0) is 15.9. The maximum atomic E-state index is 12.0. The average molecular weight is 317 g/mol. The summed E-state index contributed by atoms with van der Waals surface area (Å²) in [5.74, 6) is -0.453. The Balaban J connectivity index is 1.94. The van der Waals surface area contributed by atoms with Crippen LogP contribution < -0.4 is 5.32 Å². The van der Waals surface area contributed by atoms with E-state index < -0.39 is 5.97 Å². The topological polar surface area (TPSA) is 55.4 Å². The maximum Gasteiger partial charge on any atom is 0.348 e. The average Bonchev–Trinajstić information content (AvgIpc) is 3.07. The van der Waals surface area contributed by atoms with Gasteiger partial charge in [-0.3, -0.25) is 4.79 Å². The number of para-hydroxylation sites is 1. The summed E-state index contributed by atoms with van der Waals surface area (Å²) >= 11 is 1.29. The van der Waals surface area contributed by atoms with Crippen molar-refractivity contribution in [2.45, 2.75) is 26.2 Å². The number of rotatable bonds is 6. The molecule has 2 aromatic rings. The molecule has 0 spiro atoms. The second kappa shape index (κ2) is 7.75. The van der Waals surface area contributed by atoms with Crippen molar-refractivity contribution in [1.29, 1.82) is 0 Å². The highest BCUT2D eigenvalue weighted by Crippen LogP contribution is 2.26. The minimum atomic E-state index is -0.472. The summed E-state index contributed by atoms with van der Waals surface area (Å²) in [4.78, 5) is 24.2. The lowest BCUT2D eigenvalue weighted by Crippen LogP contribution is -2.21. The molecule has 22 heavy (non-hydrogen) atoms. The lowest BCUT2D eigenvalue weighted by atomic mass is 9.97. The molecule has 0 saturated heterocycles. The van der Waals surface area contributed by atoms with Gasteiger partial charge >= 0.3 is 5.97 Å². The number of carbonyl (C=O) groups is 2. The predicted molar refractivity (Wildman–Crippen MR) is 88.4 cm³/mol. The van der Waals surface area contributed by atoms with Crippen molar-refractivity contribution in [3.63, 3.8) is 0 Å². The number of benzene rings is 1. The molecule has 0 fully saturated rings. The Morgan fingerprint density at radius 1 is 1.23 bits per heavy atom. The van der Waals surface area contributed by atoms with E-state index in [-0.39, 0.29) is 12.5 Å². The van der Waals surface area contributed by atoms with Crippen molar-refractivity contribution in [2.75, 3.05) is 11.9 Å². The fraction of sp³-hybridized carbons (Fsp3) is 0.294. The highest BCUT2D eigenvalue weighted by molar-refractivity contribution is 7.11. The smallest absolute Gasteiger partial charge is 0.348 e. The molecule has 1 N–H and O–H groups in total. The third-order valence-electron chi connectivity index (χ3n) is 3.43. The van der Waals surface area contributed by atoms with E-state index in [4.69, 9.17) is 4.74 Å². The summed E-state index contributed by atoms with van der Waals surface area (Å²) in [5, 5.41) is 4.60. The Kier molecular flexibility index (Phi) is 5.72. The molecule has 0 aliphatic rings. The van der Waals surface area contributed by atoms with Crippen LogP contribution in [0.3, 0.4) is 0 Å². The standard InChI is InChI=1S/C17H19NO3S/c1-3-12(2)13-7-4-5-8-14(13)18-16(19)11-21-17(20)15-9-6-10-22-15/h4-10,12H,3,11H2,1-2H3,(H,18,19)/t12-/m1/s1. The van der Waals surface area contributed by atoms with Gasteiger partial charge in [-0.05, 0) is 35.4 Å². The lowest BCUT2D eigenvalue weighted by molar-refractivity contribution is -0.119. The second-order valence-corrected chi connectivity index (χ2v) is 5.95. The molecule has 1 amide bonds. The summed E-state index contributed by atoms with van der Waals surface area (Å²) in [7, 11) is 0. The van der Waals surface area contributed by atoms with E-state index in [9.17, 15) is 9.59 Å². The first kappa shape index (κ1) is 16.2. The molecule has 0 aliphatic heterocycles. The number of nitrogens with one attached hydrogen (secondary N) is 1. The number of esters is 1. The number of carbonyl (C=O) groups excluding carboxylic acids is 2. The van der Waals surface area contributed by atoms with Crippen molar-refractivity contribution in [1.82, 2.24) is 0 Å². The Morgan fingerprint density at radius 2 is 2.00 bits per heavy atom. The number of amides is 1. The Morgan fingerprint density at radius 3 is 2.68 bits per heavy atom. The molecule has 2 rings (SSSR count). The molecule has 1 heterocycles. The number of hydrogen-bond donors (Lipinski definition) is 1. The first-order valence-corrected chi connectivity index (χ1v) is 8.09. The van der Waals surface area contributed by atoms with Gasteiger partial charge in [0.25, 0.3) is 5.91 Å². The zero-order valence-electron chi connectivity index (χ0n) is 12.7. The van der Waals surface area contributed by atoms with E-state index >= 15 is 0 Å². The molecular formula is C17H19NO3S. The number of thiophene rings is 1. The van der Waals surface area contributed by atoms with Gasteiger partial charge in [-0.1, -0.05) is 38.1 Å². The summed E-state index contributed by atoms with van der Waals surface area (Å²) in [6.07, 6.45) is 0.986. The fourth-order valence-electron chi connectivity index (χ4n) is 2.04. The van der Waals surface area contributed by atoms with Gasteiger partial charge in [-0.25, -0.2) is 4.79 Å². The van der Waals surface area contributed by atoms with Gasteiger partial charge in [0, 0.05) is 5.69 Å². The lowest BCUT2D eigenvalue weighted by Gasteiger charge is -2.15. The number of ether oxygens (including phenoxy) is 1.